The summed E-state index contributed by atoms with van der Waals surface area (Å²) in [7, 11) is 0. The van der Waals surface area contributed by atoms with Gasteiger partial charge in [-0.2, -0.15) is 0 Å². The Morgan fingerprint density at radius 3 is 1.72 bits per heavy atom. The summed E-state index contributed by atoms with van der Waals surface area (Å²) in [6.07, 6.45) is 2.70. The van der Waals surface area contributed by atoms with E-state index in [0.717, 1.165) is 60.1 Å². The maximum atomic E-state index is 13.7. The fourth-order valence-corrected chi connectivity index (χ4v) is 6.01. The van der Waals surface area contributed by atoms with Crippen LogP contribution in [0.15, 0.2) is 78.9 Å². The van der Waals surface area contributed by atoms with E-state index in [0.29, 0.717) is 6.54 Å². The van der Waals surface area contributed by atoms with Gasteiger partial charge in [-0.15, -0.1) is 0 Å². The molecule has 32 heavy (non-hydrogen) atoms. The van der Waals surface area contributed by atoms with Crippen molar-refractivity contribution in [3.05, 3.63) is 107 Å². The molecule has 3 aromatic carbocycles. The summed E-state index contributed by atoms with van der Waals surface area (Å²) >= 11 is 0. The van der Waals surface area contributed by atoms with Crippen molar-refractivity contribution < 1.29 is 35.4 Å². The van der Waals surface area contributed by atoms with Crippen LogP contribution in [-0.4, -0.2) is 29.2 Å². The van der Waals surface area contributed by atoms with Gasteiger partial charge in [-0.1, -0.05) is 66.7 Å². The van der Waals surface area contributed by atoms with Gasteiger partial charge in [0.25, 0.3) is 0 Å². The molecule has 2 bridgehead atoms. The maximum absolute atomic E-state index is 13.7. The minimum Gasteiger partial charge on any atom is -1.00 e. The zero-order valence-corrected chi connectivity index (χ0v) is 19.6. The molecule has 6 rings (SSSR count). The third-order valence-corrected chi connectivity index (χ3v) is 7.85. The van der Waals surface area contributed by atoms with Crippen LogP contribution in [-0.2, 0) is 12.1 Å². The maximum Gasteiger partial charge on any atom is 0.159 e. The Morgan fingerprint density at radius 1 is 0.750 bits per heavy atom. The molecule has 0 aliphatic carbocycles. The molecular weight excluding hydrogens is 472 g/mol. The second-order valence-corrected chi connectivity index (χ2v) is 9.39. The van der Waals surface area contributed by atoms with Crippen LogP contribution in [0.1, 0.15) is 36.0 Å². The normalized spacial score (nSPS) is 24.7. The molecule has 3 fully saturated rings. The average molecular weight is 500 g/mol. The number of hydrogen-bond acceptors (Lipinski definition) is 1. The second-order valence-electron chi connectivity index (χ2n) is 9.39. The van der Waals surface area contributed by atoms with E-state index in [2.05, 4.69) is 0 Å². The van der Waals surface area contributed by atoms with Crippen LogP contribution >= 0.6 is 0 Å². The van der Waals surface area contributed by atoms with Gasteiger partial charge in [-0.25, -0.2) is 8.78 Å². The first kappa shape index (κ1) is 23.1. The van der Waals surface area contributed by atoms with Gasteiger partial charge in [-0.3, -0.25) is 0 Å². The summed E-state index contributed by atoms with van der Waals surface area (Å²) < 4.78 is 28.0. The summed E-state index contributed by atoms with van der Waals surface area (Å²) in [4.78, 5) is 0. The lowest BCUT2D eigenvalue weighted by atomic mass is 9.56. The number of aliphatic hydroxyl groups is 1. The van der Waals surface area contributed by atoms with E-state index in [1.165, 1.54) is 12.1 Å². The van der Waals surface area contributed by atoms with Crippen molar-refractivity contribution in [2.75, 3.05) is 19.6 Å². The van der Waals surface area contributed by atoms with Crippen molar-refractivity contribution >= 4 is 0 Å². The summed E-state index contributed by atoms with van der Waals surface area (Å²) in [5.74, 6) is -1.57. The molecule has 2 nitrogen and oxygen atoms in total. The quantitative estimate of drug-likeness (QED) is 0.534. The highest BCUT2D eigenvalue weighted by molar-refractivity contribution is 5.39. The number of hydrogen-bond donors (Lipinski definition) is 1. The van der Waals surface area contributed by atoms with E-state index < -0.39 is 17.2 Å². The van der Waals surface area contributed by atoms with E-state index in [1.54, 1.807) is 6.07 Å². The fourth-order valence-electron chi connectivity index (χ4n) is 6.01. The van der Waals surface area contributed by atoms with Gasteiger partial charge in [0.1, 0.15) is 12.1 Å². The first-order valence-corrected chi connectivity index (χ1v) is 11.1. The Balaban J connectivity index is 0.00000245. The Hall–Kier alpha value is -2.08. The lowest BCUT2D eigenvalue weighted by Crippen LogP contribution is -3.00. The molecule has 0 unspecified atom stereocenters. The highest BCUT2D eigenvalue weighted by Crippen LogP contribution is 2.57. The molecule has 0 amide bonds. The number of quaternary nitrogens is 1. The van der Waals surface area contributed by atoms with Crippen molar-refractivity contribution in [3.8, 4) is 0 Å². The van der Waals surface area contributed by atoms with Gasteiger partial charge in [0, 0.05) is 30.2 Å². The monoisotopic (exact) mass is 499 g/mol. The molecule has 1 N–H and O–H groups in total. The number of rotatable bonds is 5. The first-order chi connectivity index (χ1) is 15.0. The van der Waals surface area contributed by atoms with Crippen molar-refractivity contribution in [1.29, 1.82) is 0 Å². The van der Waals surface area contributed by atoms with Crippen LogP contribution in [0.3, 0.4) is 0 Å². The Kier molecular flexibility index (Phi) is 6.27. The lowest BCUT2D eigenvalue weighted by Gasteiger charge is -2.60. The molecule has 5 heteroatoms. The molecule has 0 saturated carbocycles. The third-order valence-electron chi connectivity index (χ3n) is 7.85. The van der Waals surface area contributed by atoms with Crippen LogP contribution < -0.4 is 17.0 Å². The van der Waals surface area contributed by atoms with Crippen LogP contribution in [0.5, 0.6) is 0 Å². The number of benzene rings is 3. The van der Waals surface area contributed by atoms with Gasteiger partial charge >= 0.3 is 0 Å². The Bertz CT molecular complexity index is 1010. The molecule has 3 aromatic rings. The minimum absolute atomic E-state index is 0. The predicted octanol–water partition coefficient (Wildman–Crippen LogP) is 2.41. The van der Waals surface area contributed by atoms with E-state index in [-0.39, 0.29) is 22.4 Å². The molecular formula is C27H28BrF2NO. The number of piperidine rings is 3. The fraction of sp³-hybridized carbons (Fsp3) is 0.333. The van der Waals surface area contributed by atoms with Gasteiger partial charge in [0.2, 0.25) is 0 Å². The third kappa shape index (κ3) is 3.70. The standard InChI is InChI=1S/C27H28F2NO.BrH/c28-24-12-11-21(19-25(24)29)20-30-16-13-26(14-17-30,15-18-30)27(31,22-7-3-1-4-8-22)23-9-5-2-6-10-23;/h1-12,19,31H,13-18,20H2;1H/q+1;/p-1. The van der Waals surface area contributed by atoms with Gasteiger partial charge in [-0.05, 0) is 23.3 Å². The topological polar surface area (TPSA) is 20.2 Å². The predicted molar refractivity (Wildman–Crippen MR) is 117 cm³/mol. The molecule has 3 aliphatic heterocycles. The highest BCUT2D eigenvalue weighted by Gasteiger charge is 2.60. The van der Waals surface area contributed by atoms with Crippen LogP contribution in [0, 0.1) is 17.0 Å². The summed E-state index contributed by atoms with van der Waals surface area (Å²) in [6.45, 7) is 3.51. The molecule has 0 aromatic heterocycles. The van der Waals surface area contributed by atoms with Gasteiger partial charge in [0.05, 0.1) is 19.6 Å². The van der Waals surface area contributed by atoms with Crippen molar-refractivity contribution in [3.63, 3.8) is 0 Å². The molecule has 3 saturated heterocycles. The van der Waals surface area contributed by atoms with Crippen LogP contribution in [0.4, 0.5) is 8.78 Å². The molecule has 168 valence electrons. The van der Waals surface area contributed by atoms with Crippen molar-refractivity contribution in [2.24, 2.45) is 5.41 Å². The SMILES string of the molecule is OC(c1ccccc1)(c1ccccc1)C12CC[N+](Cc3ccc(F)c(F)c3)(CC1)CC2.[Br-]. The first-order valence-electron chi connectivity index (χ1n) is 11.1. The van der Waals surface area contributed by atoms with Gasteiger partial charge < -0.3 is 26.6 Å². The van der Waals surface area contributed by atoms with Crippen molar-refractivity contribution in [1.82, 2.24) is 0 Å². The molecule has 3 aliphatic rings. The number of nitrogens with zero attached hydrogens (tertiary/aromatic N) is 1. The smallest absolute Gasteiger partial charge is 0.159 e. The Morgan fingerprint density at radius 2 is 1.25 bits per heavy atom. The van der Waals surface area contributed by atoms with E-state index in [9.17, 15) is 13.9 Å². The highest BCUT2D eigenvalue weighted by atomic mass is 79.9. The Labute approximate surface area is 198 Å². The average Bonchev–Trinajstić information content (AvgIpc) is 2.83. The number of fused-ring (bicyclic) bond motifs is 3. The molecule has 3 heterocycles. The largest absolute Gasteiger partial charge is 1.00 e. The summed E-state index contributed by atoms with van der Waals surface area (Å²) in [6, 6.07) is 24.4. The molecule has 0 spiro atoms. The van der Waals surface area contributed by atoms with E-state index in [4.69, 9.17) is 0 Å². The molecule has 0 atom stereocenters. The van der Waals surface area contributed by atoms with Gasteiger partial charge in [0.15, 0.2) is 11.6 Å². The lowest BCUT2D eigenvalue weighted by molar-refractivity contribution is -0.958. The zero-order chi connectivity index (χ0) is 21.5. The summed E-state index contributed by atoms with van der Waals surface area (Å²) in [5.41, 5.74) is 1.46. The van der Waals surface area contributed by atoms with E-state index >= 15 is 0 Å². The van der Waals surface area contributed by atoms with E-state index in [1.807, 2.05) is 60.7 Å². The molecule has 0 radical (unpaired) electrons. The second kappa shape index (κ2) is 8.69. The van der Waals surface area contributed by atoms with Crippen LogP contribution in [0.25, 0.3) is 0 Å². The number of halogens is 3. The minimum atomic E-state index is -1.05. The van der Waals surface area contributed by atoms with Crippen molar-refractivity contribution in [2.45, 2.75) is 31.4 Å². The van der Waals surface area contributed by atoms with Crippen LogP contribution in [0.2, 0.25) is 0 Å². The summed E-state index contributed by atoms with van der Waals surface area (Å²) in [5, 5.41) is 12.4. The zero-order valence-electron chi connectivity index (χ0n) is 18.0.